The molecule has 45 heavy (non-hydrogen) atoms. The van der Waals surface area contributed by atoms with Gasteiger partial charge in [0.25, 0.3) is 0 Å². The standard InChI is InChI=1S/C35H48N6O4/c1-21(2)38-30-12-11-28(41-35(30)43-25-8-6-9-25)27-18-32(27)45-34-31(39-22(3)4)17-24(19-37-34)16-23(5)40-29-10-7-14-36-33(29)44-26-13-15-42-20-26/h7,10-12,14,17,19,21-23,25-27,32,38-40H,6,8-9,13,15-16,18,20H2,1-5H3/t23?,26-,27?,32?/m1/s1. The lowest BCUT2D eigenvalue weighted by Gasteiger charge is -2.27. The maximum atomic E-state index is 6.49. The summed E-state index contributed by atoms with van der Waals surface area (Å²) in [6.45, 7) is 12.0. The van der Waals surface area contributed by atoms with Gasteiger partial charge < -0.3 is 34.9 Å². The molecule has 3 unspecified atom stereocenters. The Hall–Kier alpha value is -3.79. The van der Waals surface area contributed by atoms with Gasteiger partial charge in [-0.05, 0) is 103 Å². The van der Waals surface area contributed by atoms with Crippen LogP contribution in [0.1, 0.15) is 83.9 Å². The number of nitrogens with one attached hydrogen (secondary N) is 3. The van der Waals surface area contributed by atoms with Crippen LogP contribution in [0.15, 0.2) is 42.7 Å². The highest BCUT2D eigenvalue weighted by molar-refractivity contribution is 5.57. The zero-order chi connectivity index (χ0) is 31.3. The number of pyridine rings is 3. The highest BCUT2D eigenvalue weighted by Crippen LogP contribution is 2.45. The first-order valence-corrected chi connectivity index (χ1v) is 16.6. The fourth-order valence-electron chi connectivity index (χ4n) is 5.72. The SMILES string of the molecule is CC(C)Nc1ccc(C2CC2Oc2ncc(CC(C)Nc3cccnc3O[C@@H]3CCOC3)cc2NC(C)C)nc1OC1CCC1. The monoisotopic (exact) mass is 616 g/mol. The van der Waals surface area contributed by atoms with Gasteiger partial charge in [0.2, 0.25) is 17.6 Å². The summed E-state index contributed by atoms with van der Waals surface area (Å²) in [6.07, 6.45) is 9.99. The maximum Gasteiger partial charge on any atom is 0.237 e. The molecule has 10 heteroatoms. The molecule has 242 valence electrons. The average Bonchev–Trinajstić information content (AvgIpc) is 3.54. The molecule has 3 N–H and O–H groups in total. The first kappa shape index (κ1) is 31.2. The lowest BCUT2D eigenvalue weighted by molar-refractivity contribution is 0.115. The van der Waals surface area contributed by atoms with Crippen LogP contribution in [0.5, 0.6) is 17.6 Å². The topological polar surface area (TPSA) is 112 Å². The fraction of sp³-hybridized carbons (Fsp3) is 0.571. The van der Waals surface area contributed by atoms with E-state index >= 15 is 0 Å². The summed E-state index contributed by atoms with van der Waals surface area (Å²) in [4.78, 5) is 14.2. The predicted octanol–water partition coefficient (Wildman–Crippen LogP) is 6.59. The third-order valence-corrected chi connectivity index (χ3v) is 8.26. The Morgan fingerprint density at radius 2 is 1.58 bits per heavy atom. The van der Waals surface area contributed by atoms with E-state index in [9.17, 15) is 0 Å². The summed E-state index contributed by atoms with van der Waals surface area (Å²) < 4.78 is 24.3. The number of anilines is 3. The molecule has 4 heterocycles. The molecule has 3 fully saturated rings. The number of rotatable bonds is 15. The number of ether oxygens (including phenoxy) is 4. The Balaban J connectivity index is 1.10. The molecule has 0 spiro atoms. The van der Waals surface area contributed by atoms with E-state index in [-0.39, 0.29) is 36.3 Å². The zero-order valence-electron chi connectivity index (χ0n) is 27.2. The molecule has 3 aliphatic rings. The molecule has 6 rings (SSSR count). The molecule has 2 saturated carbocycles. The van der Waals surface area contributed by atoms with Crippen LogP contribution in [0.25, 0.3) is 0 Å². The van der Waals surface area contributed by atoms with E-state index in [2.05, 4.69) is 73.8 Å². The second-order valence-corrected chi connectivity index (χ2v) is 13.3. The van der Waals surface area contributed by atoms with E-state index < -0.39 is 0 Å². The molecule has 3 aromatic heterocycles. The summed E-state index contributed by atoms with van der Waals surface area (Å²) >= 11 is 0. The summed E-state index contributed by atoms with van der Waals surface area (Å²) in [6, 6.07) is 11.0. The van der Waals surface area contributed by atoms with Gasteiger partial charge in [-0.2, -0.15) is 0 Å². The van der Waals surface area contributed by atoms with E-state index in [0.717, 1.165) is 67.0 Å². The molecule has 0 aromatic carbocycles. The molecule has 0 bridgehead atoms. The van der Waals surface area contributed by atoms with Gasteiger partial charge in [-0.1, -0.05) is 0 Å². The van der Waals surface area contributed by atoms with E-state index in [4.69, 9.17) is 28.9 Å². The second kappa shape index (κ2) is 14.1. The molecule has 1 aliphatic heterocycles. The van der Waals surface area contributed by atoms with Gasteiger partial charge in [0.1, 0.15) is 18.3 Å². The molecule has 10 nitrogen and oxygen atoms in total. The largest absolute Gasteiger partial charge is 0.473 e. The summed E-state index contributed by atoms with van der Waals surface area (Å²) in [5, 5.41) is 10.6. The van der Waals surface area contributed by atoms with Crippen LogP contribution in [0, 0.1) is 0 Å². The number of hydrogen-bond donors (Lipinski definition) is 3. The Morgan fingerprint density at radius 3 is 2.31 bits per heavy atom. The van der Waals surface area contributed by atoms with Gasteiger partial charge in [0.15, 0.2) is 0 Å². The van der Waals surface area contributed by atoms with Gasteiger partial charge in [0, 0.05) is 42.9 Å². The third kappa shape index (κ3) is 8.28. The van der Waals surface area contributed by atoms with E-state index in [1.165, 1.54) is 6.42 Å². The van der Waals surface area contributed by atoms with Crippen molar-refractivity contribution in [2.24, 2.45) is 0 Å². The quantitative estimate of drug-likeness (QED) is 0.173. The van der Waals surface area contributed by atoms with Crippen molar-refractivity contribution in [1.29, 1.82) is 0 Å². The van der Waals surface area contributed by atoms with Gasteiger partial charge in [-0.3, -0.25) is 0 Å². The zero-order valence-corrected chi connectivity index (χ0v) is 27.2. The molecular weight excluding hydrogens is 568 g/mol. The molecule has 0 amide bonds. The van der Waals surface area contributed by atoms with Gasteiger partial charge >= 0.3 is 0 Å². The lowest BCUT2D eigenvalue weighted by atomic mass is 9.96. The normalized spacial score (nSPS) is 21.7. The molecule has 3 aromatic rings. The van der Waals surface area contributed by atoms with Crippen molar-refractivity contribution >= 4 is 17.1 Å². The minimum absolute atomic E-state index is 0.0267. The molecular formula is C35H48N6O4. The number of hydrogen-bond acceptors (Lipinski definition) is 10. The van der Waals surface area contributed by atoms with Crippen molar-refractivity contribution in [2.75, 3.05) is 29.2 Å². The van der Waals surface area contributed by atoms with Crippen molar-refractivity contribution < 1.29 is 18.9 Å². The average molecular weight is 617 g/mol. The van der Waals surface area contributed by atoms with Crippen molar-refractivity contribution in [3.63, 3.8) is 0 Å². The van der Waals surface area contributed by atoms with E-state index in [0.29, 0.717) is 30.3 Å². The number of aromatic nitrogens is 3. The van der Waals surface area contributed by atoms with Crippen LogP contribution in [0.3, 0.4) is 0 Å². The summed E-state index contributed by atoms with van der Waals surface area (Å²) in [5.41, 5.74) is 4.87. The van der Waals surface area contributed by atoms with Crippen molar-refractivity contribution in [3.8, 4) is 17.6 Å². The molecule has 4 atom stereocenters. The predicted molar refractivity (Wildman–Crippen MR) is 177 cm³/mol. The molecule has 0 radical (unpaired) electrons. The summed E-state index contributed by atoms with van der Waals surface area (Å²) in [7, 11) is 0. The Morgan fingerprint density at radius 1 is 0.822 bits per heavy atom. The second-order valence-electron chi connectivity index (χ2n) is 13.3. The highest BCUT2D eigenvalue weighted by Gasteiger charge is 2.43. The van der Waals surface area contributed by atoms with Crippen LogP contribution < -0.4 is 30.2 Å². The fourth-order valence-corrected chi connectivity index (χ4v) is 5.72. The lowest BCUT2D eigenvalue weighted by Crippen LogP contribution is -2.26. The third-order valence-electron chi connectivity index (χ3n) is 8.26. The van der Waals surface area contributed by atoms with Crippen LogP contribution in [-0.4, -0.2) is 64.6 Å². The number of nitrogens with zero attached hydrogens (tertiary/aromatic N) is 3. The molecule has 1 saturated heterocycles. The van der Waals surface area contributed by atoms with Crippen LogP contribution in [0.4, 0.5) is 17.1 Å². The van der Waals surface area contributed by atoms with Gasteiger partial charge in [0.05, 0.1) is 36.0 Å². The van der Waals surface area contributed by atoms with Crippen LogP contribution in [0.2, 0.25) is 0 Å². The minimum Gasteiger partial charge on any atom is -0.473 e. The van der Waals surface area contributed by atoms with Crippen LogP contribution >= 0.6 is 0 Å². The van der Waals surface area contributed by atoms with Crippen molar-refractivity contribution in [1.82, 2.24) is 15.0 Å². The van der Waals surface area contributed by atoms with Crippen molar-refractivity contribution in [3.05, 3.63) is 54.0 Å². The van der Waals surface area contributed by atoms with Crippen LogP contribution in [-0.2, 0) is 11.2 Å². The Kier molecular flexibility index (Phi) is 9.78. The minimum atomic E-state index is 0.0267. The van der Waals surface area contributed by atoms with Crippen molar-refractivity contribution in [2.45, 2.75) is 115 Å². The molecule has 2 aliphatic carbocycles. The highest BCUT2D eigenvalue weighted by atomic mass is 16.5. The Labute approximate surface area is 267 Å². The van der Waals surface area contributed by atoms with Gasteiger partial charge in [-0.25, -0.2) is 15.0 Å². The smallest absolute Gasteiger partial charge is 0.237 e. The van der Waals surface area contributed by atoms with Gasteiger partial charge in [-0.15, -0.1) is 0 Å². The Bertz CT molecular complexity index is 1420. The first-order valence-electron chi connectivity index (χ1n) is 16.6. The van der Waals surface area contributed by atoms with E-state index in [1.807, 2.05) is 18.3 Å². The maximum absolute atomic E-state index is 6.49. The van der Waals surface area contributed by atoms with E-state index in [1.54, 1.807) is 6.20 Å². The first-order chi connectivity index (χ1) is 21.8. The summed E-state index contributed by atoms with van der Waals surface area (Å²) in [5.74, 6) is 2.17.